The van der Waals surface area contributed by atoms with Crippen LogP contribution in [0.15, 0.2) is 30.5 Å². The number of methoxy groups -OCH3 is 1. The maximum atomic E-state index is 11.9. The van der Waals surface area contributed by atoms with Gasteiger partial charge in [0, 0.05) is 23.4 Å². The van der Waals surface area contributed by atoms with Gasteiger partial charge >= 0.3 is 12.0 Å². The molecule has 3 N–H and O–H groups in total. The number of urea groups is 1. The summed E-state index contributed by atoms with van der Waals surface area (Å²) in [5.74, 6) is -2.02. The van der Waals surface area contributed by atoms with Crippen LogP contribution in [0, 0.1) is 16.0 Å². The minimum absolute atomic E-state index is 0.0283. The Kier molecular flexibility index (Phi) is 3.97. The number of rotatable bonds is 3. The van der Waals surface area contributed by atoms with Crippen LogP contribution in [0.4, 0.5) is 10.5 Å². The smallest absolute Gasteiger partial charge is 0.319 e. The van der Waals surface area contributed by atoms with E-state index in [0.29, 0.717) is 0 Å². The monoisotopic (exact) mass is 307 g/mol. The van der Waals surface area contributed by atoms with Crippen molar-refractivity contribution in [2.75, 3.05) is 7.11 Å². The van der Waals surface area contributed by atoms with E-state index < -0.39 is 28.9 Å². The average Bonchev–Trinajstić information content (AvgIpc) is 2.46. The third kappa shape index (κ3) is 2.68. The predicted molar refractivity (Wildman–Crippen MR) is 73.8 cm³/mol. The quantitative estimate of drug-likeness (QED) is 0.433. The van der Waals surface area contributed by atoms with Gasteiger partial charge in [-0.2, -0.15) is 0 Å². The Morgan fingerprint density at radius 2 is 2.18 bits per heavy atom. The Morgan fingerprint density at radius 3 is 2.77 bits per heavy atom. The molecule has 0 bridgehead atoms. The van der Waals surface area contributed by atoms with Gasteiger partial charge in [-0.05, 0) is 6.07 Å². The van der Waals surface area contributed by atoms with E-state index in [1.54, 1.807) is 0 Å². The van der Waals surface area contributed by atoms with Gasteiger partial charge in [-0.3, -0.25) is 14.9 Å². The molecule has 2 atom stereocenters. The molecule has 1 fully saturated rings. The minimum Gasteiger partial charge on any atom is -0.508 e. The van der Waals surface area contributed by atoms with Gasteiger partial charge in [0.25, 0.3) is 5.69 Å². The Hall–Kier alpha value is -3.10. The summed E-state index contributed by atoms with van der Waals surface area (Å²) in [5.41, 5.74) is -0.179. The van der Waals surface area contributed by atoms with Crippen molar-refractivity contribution in [1.29, 1.82) is 0 Å². The summed E-state index contributed by atoms with van der Waals surface area (Å²) in [6, 6.07) is 1.66. The van der Waals surface area contributed by atoms with E-state index in [9.17, 15) is 24.8 Å². The molecule has 2 amide bonds. The fourth-order valence-electron chi connectivity index (χ4n) is 2.25. The molecule has 1 aliphatic heterocycles. The molecule has 0 spiro atoms. The van der Waals surface area contributed by atoms with Gasteiger partial charge in [0.15, 0.2) is 0 Å². The number of ether oxygens (including phenoxy) is 1. The highest BCUT2D eigenvalue weighted by molar-refractivity contribution is 5.85. The summed E-state index contributed by atoms with van der Waals surface area (Å²) in [7, 11) is 1.16. The zero-order valence-corrected chi connectivity index (χ0v) is 11.5. The van der Waals surface area contributed by atoms with E-state index in [1.807, 2.05) is 0 Å². The van der Waals surface area contributed by atoms with Crippen LogP contribution in [0.3, 0.4) is 0 Å². The molecule has 2 rings (SSSR count). The molecular weight excluding hydrogens is 294 g/mol. The zero-order chi connectivity index (χ0) is 16.4. The van der Waals surface area contributed by atoms with Crippen LogP contribution >= 0.6 is 0 Å². The highest BCUT2D eigenvalue weighted by Gasteiger charge is 2.40. The Labute approximate surface area is 124 Å². The molecule has 1 aromatic rings. The topological polar surface area (TPSA) is 131 Å². The fraction of sp³-hybridized carbons (Fsp3) is 0.231. The molecule has 9 heteroatoms. The average molecular weight is 307 g/mol. The molecule has 1 heterocycles. The van der Waals surface area contributed by atoms with Crippen molar-refractivity contribution in [1.82, 2.24) is 10.6 Å². The number of nitrogens with zero attached hydrogens (tertiary/aromatic N) is 1. The van der Waals surface area contributed by atoms with E-state index >= 15 is 0 Å². The lowest BCUT2D eigenvalue weighted by molar-refractivity contribution is -0.385. The summed E-state index contributed by atoms with van der Waals surface area (Å²) in [6.45, 7) is 3.59. The van der Waals surface area contributed by atoms with Gasteiger partial charge in [-0.1, -0.05) is 6.58 Å². The molecular formula is C13H13N3O6. The Balaban J connectivity index is 2.52. The number of esters is 1. The molecule has 22 heavy (non-hydrogen) atoms. The molecule has 9 nitrogen and oxygen atoms in total. The first-order valence-corrected chi connectivity index (χ1v) is 6.16. The molecule has 0 aliphatic carbocycles. The summed E-state index contributed by atoms with van der Waals surface area (Å²) in [6.07, 6.45) is 0. The first-order chi connectivity index (χ1) is 10.3. The summed E-state index contributed by atoms with van der Waals surface area (Å²) >= 11 is 0. The summed E-state index contributed by atoms with van der Waals surface area (Å²) in [5, 5.41) is 25.6. The van der Waals surface area contributed by atoms with Crippen LogP contribution in [-0.4, -0.2) is 29.1 Å². The second-order valence-corrected chi connectivity index (χ2v) is 4.60. The summed E-state index contributed by atoms with van der Waals surface area (Å²) in [4.78, 5) is 33.7. The number of nitro benzene ring substituents is 1. The number of nitrogens with one attached hydrogen (secondary N) is 2. The lowest BCUT2D eigenvalue weighted by Crippen LogP contribution is -2.51. The first-order valence-electron chi connectivity index (χ1n) is 6.16. The SMILES string of the molecule is C=C1NC(=O)N[C@@H](c2cc([N+](=O)[O-])ccc2O)[C@H]1C(=O)OC. The maximum absolute atomic E-state index is 11.9. The van der Waals surface area contributed by atoms with Crippen molar-refractivity contribution in [2.45, 2.75) is 6.04 Å². The van der Waals surface area contributed by atoms with Crippen LogP contribution < -0.4 is 10.6 Å². The number of carbonyl (C=O) groups is 2. The number of non-ortho nitro benzene ring substituents is 1. The summed E-state index contributed by atoms with van der Waals surface area (Å²) < 4.78 is 4.66. The second kappa shape index (κ2) is 5.72. The predicted octanol–water partition coefficient (Wildman–Crippen LogP) is 0.957. The van der Waals surface area contributed by atoms with Crippen LogP contribution in [0.25, 0.3) is 0 Å². The fourth-order valence-corrected chi connectivity index (χ4v) is 2.25. The number of phenolic OH excluding ortho intramolecular Hbond substituents is 1. The highest BCUT2D eigenvalue weighted by Crippen LogP contribution is 2.36. The standard InChI is InChI=1S/C13H13N3O6/c1-6-10(12(18)22-2)11(15-13(19)14-6)8-5-7(16(20)21)3-4-9(8)17/h3-5,10-11,17H,1H2,2H3,(H2,14,15,19)/t10-,11-/m0/s1. The van der Waals surface area contributed by atoms with E-state index in [0.717, 1.165) is 25.3 Å². The molecule has 1 saturated heterocycles. The third-order valence-electron chi connectivity index (χ3n) is 3.28. The first kappa shape index (κ1) is 15.3. The van der Waals surface area contributed by atoms with Gasteiger partial charge in [0.2, 0.25) is 0 Å². The van der Waals surface area contributed by atoms with Crippen LogP contribution in [0.1, 0.15) is 11.6 Å². The third-order valence-corrected chi connectivity index (χ3v) is 3.28. The van der Waals surface area contributed by atoms with Crippen molar-refractivity contribution in [2.24, 2.45) is 5.92 Å². The van der Waals surface area contributed by atoms with Gasteiger partial charge in [-0.15, -0.1) is 0 Å². The zero-order valence-electron chi connectivity index (χ0n) is 11.5. The molecule has 1 aromatic carbocycles. The highest BCUT2D eigenvalue weighted by atomic mass is 16.6. The van der Waals surface area contributed by atoms with Crippen LogP contribution in [0.5, 0.6) is 5.75 Å². The van der Waals surface area contributed by atoms with Crippen LogP contribution in [0.2, 0.25) is 0 Å². The Morgan fingerprint density at radius 1 is 1.50 bits per heavy atom. The number of hydrogen-bond acceptors (Lipinski definition) is 6. The number of aromatic hydroxyl groups is 1. The van der Waals surface area contributed by atoms with Crippen molar-refractivity contribution in [3.8, 4) is 5.75 Å². The maximum Gasteiger partial charge on any atom is 0.319 e. The number of amides is 2. The lowest BCUT2D eigenvalue weighted by atomic mass is 9.88. The van der Waals surface area contributed by atoms with E-state index in [1.165, 1.54) is 0 Å². The minimum atomic E-state index is -1.03. The number of nitro groups is 1. The van der Waals surface area contributed by atoms with E-state index in [-0.39, 0.29) is 22.7 Å². The molecule has 0 aromatic heterocycles. The number of carbonyl (C=O) groups excluding carboxylic acids is 2. The molecule has 0 saturated carbocycles. The van der Waals surface area contributed by atoms with Gasteiger partial charge < -0.3 is 20.5 Å². The lowest BCUT2D eigenvalue weighted by Gasteiger charge is -2.33. The van der Waals surface area contributed by atoms with Gasteiger partial charge in [0.1, 0.15) is 11.7 Å². The normalized spacial score (nSPS) is 20.8. The Bertz CT molecular complexity index is 672. The number of hydrogen-bond donors (Lipinski definition) is 3. The van der Waals surface area contributed by atoms with E-state index in [2.05, 4.69) is 21.9 Å². The van der Waals surface area contributed by atoms with Crippen molar-refractivity contribution in [3.05, 3.63) is 46.2 Å². The molecule has 1 aliphatic rings. The van der Waals surface area contributed by atoms with Gasteiger partial charge in [-0.25, -0.2) is 4.79 Å². The van der Waals surface area contributed by atoms with Crippen molar-refractivity contribution >= 4 is 17.7 Å². The van der Waals surface area contributed by atoms with Gasteiger partial charge in [0.05, 0.1) is 18.1 Å². The van der Waals surface area contributed by atoms with Crippen molar-refractivity contribution < 1.29 is 24.4 Å². The molecule has 0 unspecified atom stereocenters. The second-order valence-electron chi connectivity index (χ2n) is 4.60. The number of benzene rings is 1. The number of phenols is 1. The molecule has 0 radical (unpaired) electrons. The van der Waals surface area contributed by atoms with Crippen LogP contribution in [-0.2, 0) is 9.53 Å². The van der Waals surface area contributed by atoms with E-state index in [4.69, 9.17) is 0 Å². The van der Waals surface area contributed by atoms with Crippen molar-refractivity contribution in [3.63, 3.8) is 0 Å². The molecule has 116 valence electrons. The largest absolute Gasteiger partial charge is 0.508 e.